The molecule has 5 nitrogen and oxygen atoms in total. The SMILES string of the molecule is CCN(c1nc(N)nc(Cl)n1)C(C)C. The van der Waals surface area contributed by atoms with Crippen molar-refractivity contribution < 1.29 is 0 Å². The number of halogens is 1. The predicted molar refractivity (Wildman–Crippen MR) is 57.4 cm³/mol. The van der Waals surface area contributed by atoms with E-state index in [2.05, 4.69) is 28.8 Å². The lowest BCUT2D eigenvalue weighted by atomic mass is 10.3. The van der Waals surface area contributed by atoms with Crippen LogP contribution in [-0.2, 0) is 0 Å². The second kappa shape index (κ2) is 4.41. The van der Waals surface area contributed by atoms with Gasteiger partial charge in [0.15, 0.2) is 0 Å². The largest absolute Gasteiger partial charge is 0.368 e. The number of hydrogen-bond donors (Lipinski definition) is 1. The highest BCUT2D eigenvalue weighted by molar-refractivity contribution is 6.28. The van der Waals surface area contributed by atoms with Crippen molar-refractivity contribution in [3.8, 4) is 0 Å². The molecular formula is C8H14ClN5. The second-order valence-corrected chi connectivity index (χ2v) is 3.48. The summed E-state index contributed by atoms with van der Waals surface area (Å²) in [5, 5.41) is 0.131. The first-order valence-electron chi connectivity index (χ1n) is 4.48. The lowest BCUT2D eigenvalue weighted by Crippen LogP contribution is -2.32. The summed E-state index contributed by atoms with van der Waals surface area (Å²) in [5.74, 6) is 0.680. The Bertz CT molecular complexity index is 294. The fourth-order valence-electron chi connectivity index (χ4n) is 1.22. The lowest BCUT2D eigenvalue weighted by Gasteiger charge is -2.24. The van der Waals surface area contributed by atoms with E-state index in [4.69, 9.17) is 17.3 Å². The van der Waals surface area contributed by atoms with E-state index in [1.54, 1.807) is 0 Å². The molecule has 1 heterocycles. The molecule has 1 aromatic rings. The van der Waals surface area contributed by atoms with Crippen LogP contribution in [0.5, 0.6) is 0 Å². The summed E-state index contributed by atoms with van der Waals surface area (Å²) in [7, 11) is 0. The zero-order chi connectivity index (χ0) is 10.7. The van der Waals surface area contributed by atoms with Crippen molar-refractivity contribution in [3.05, 3.63) is 5.28 Å². The van der Waals surface area contributed by atoms with Crippen LogP contribution < -0.4 is 10.6 Å². The first-order chi connectivity index (χ1) is 6.54. The van der Waals surface area contributed by atoms with Crippen molar-refractivity contribution in [3.63, 3.8) is 0 Å². The van der Waals surface area contributed by atoms with E-state index in [1.807, 2.05) is 11.8 Å². The molecule has 0 atom stereocenters. The molecule has 0 bridgehead atoms. The summed E-state index contributed by atoms with van der Waals surface area (Å²) in [6, 6.07) is 0.304. The molecule has 0 aromatic carbocycles. The van der Waals surface area contributed by atoms with Gasteiger partial charge >= 0.3 is 0 Å². The maximum absolute atomic E-state index is 5.69. The van der Waals surface area contributed by atoms with Gasteiger partial charge in [-0.05, 0) is 32.4 Å². The molecule has 0 aliphatic rings. The van der Waals surface area contributed by atoms with Crippen LogP contribution in [0.15, 0.2) is 0 Å². The number of hydrogen-bond acceptors (Lipinski definition) is 5. The molecule has 1 aromatic heterocycles. The molecule has 0 aliphatic heterocycles. The number of nitrogens with two attached hydrogens (primary N) is 1. The van der Waals surface area contributed by atoms with Crippen LogP contribution in [0, 0.1) is 0 Å². The van der Waals surface area contributed by atoms with Crippen LogP contribution in [-0.4, -0.2) is 27.5 Å². The maximum atomic E-state index is 5.69. The number of rotatable bonds is 3. The Morgan fingerprint density at radius 2 is 2.00 bits per heavy atom. The van der Waals surface area contributed by atoms with Crippen molar-refractivity contribution in [1.82, 2.24) is 15.0 Å². The van der Waals surface area contributed by atoms with E-state index >= 15 is 0 Å². The van der Waals surface area contributed by atoms with Crippen molar-refractivity contribution >= 4 is 23.5 Å². The van der Waals surface area contributed by atoms with Crippen molar-refractivity contribution in [2.24, 2.45) is 0 Å². The molecule has 0 spiro atoms. The Hall–Kier alpha value is -1.10. The molecule has 0 radical (unpaired) electrons. The molecule has 0 amide bonds. The van der Waals surface area contributed by atoms with Gasteiger partial charge in [0, 0.05) is 12.6 Å². The molecule has 78 valence electrons. The van der Waals surface area contributed by atoms with Gasteiger partial charge in [0.25, 0.3) is 0 Å². The van der Waals surface area contributed by atoms with Gasteiger partial charge < -0.3 is 10.6 Å². The molecule has 0 saturated heterocycles. The molecule has 1 rings (SSSR count). The normalized spacial score (nSPS) is 10.6. The van der Waals surface area contributed by atoms with Crippen LogP contribution in [0.25, 0.3) is 0 Å². The monoisotopic (exact) mass is 215 g/mol. The fourth-order valence-corrected chi connectivity index (χ4v) is 1.38. The van der Waals surface area contributed by atoms with Crippen molar-refractivity contribution in [2.45, 2.75) is 26.8 Å². The van der Waals surface area contributed by atoms with E-state index in [-0.39, 0.29) is 11.2 Å². The summed E-state index contributed by atoms with van der Waals surface area (Å²) in [4.78, 5) is 13.7. The van der Waals surface area contributed by atoms with E-state index in [0.29, 0.717) is 12.0 Å². The van der Waals surface area contributed by atoms with Crippen LogP contribution in [0.3, 0.4) is 0 Å². The Morgan fingerprint density at radius 3 is 2.43 bits per heavy atom. The number of nitrogens with zero attached hydrogens (tertiary/aromatic N) is 4. The van der Waals surface area contributed by atoms with Crippen LogP contribution >= 0.6 is 11.6 Å². The molecule has 14 heavy (non-hydrogen) atoms. The molecule has 0 saturated carbocycles. The highest BCUT2D eigenvalue weighted by Crippen LogP contribution is 2.14. The predicted octanol–water partition coefficient (Wildman–Crippen LogP) is 1.34. The first-order valence-corrected chi connectivity index (χ1v) is 4.86. The minimum absolute atomic E-state index is 0.131. The van der Waals surface area contributed by atoms with Gasteiger partial charge in [-0.2, -0.15) is 15.0 Å². The summed E-state index contributed by atoms with van der Waals surface area (Å²) >= 11 is 5.69. The molecular weight excluding hydrogens is 202 g/mol. The van der Waals surface area contributed by atoms with Crippen LogP contribution in [0.2, 0.25) is 5.28 Å². The van der Waals surface area contributed by atoms with E-state index < -0.39 is 0 Å². The third-order valence-corrected chi connectivity index (χ3v) is 2.00. The number of anilines is 2. The topological polar surface area (TPSA) is 67.9 Å². The Kier molecular flexibility index (Phi) is 3.46. The van der Waals surface area contributed by atoms with Gasteiger partial charge in [-0.1, -0.05) is 0 Å². The van der Waals surface area contributed by atoms with E-state index in [9.17, 15) is 0 Å². The Labute approximate surface area is 88.3 Å². The Balaban J connectivity index is 3.04. The second-order valence-electron chi connectivity index (χ2n) is 3.14. The standard InChI is InChI=1S/C8H14ClN5/c1-4-14(5(2)3)8-12-6(9)11-7(10)13-8/h5H,4H2,1-3H3,(H2,10,11,12,13). The summed E-state index contributed by atoms with van der Waals surface area (Å²) in [6.45, 7) is 6.93. The average Bonchev–Trinajstić information content (AvgIpc) is 2.02. The smallest absolute Gasteiger partial charge is 0.231 e. The molecule has 0 aliphatic carbocycles. The maximum Gasteiger partial charge on any atom is 0.231 e. The lowest BCUT2D eigenvalue weighted by molar-refractivity contribution is 0.679. The van der Waals surface area contributed by atoms with Gasteiger partial charge in [-0.15, -0.1) is 0 Å². The van der Waals surface area contributed by atoms with Gasteiger partial charge in [0.2, 0.25) is 17.2 Å². The fraction of sp³-hybridized carbons (Fsp3) is 0.625. The molecule has 6 heteroatoms. The number of nitrogen functional groups attached to an aromatic ring is 1. The third kappa shape index (κ3) is 2.45. The van der Waals surface area contributed by atoms with Gasteiger partial charge in [-0.25, -0.2) is 0 Å². The highest BCUT2D eigenvalue weighted by atomic mass is 35.5. The van der Waals surface area contributed by atoms with Crippen LogP contribution in [0.4, 0.5) is 11.9 Å². The third-order valence-electron chi connectivity index (χ3n) is 1.83. The summed E-state index contributed by atoms with van der Waals surface area (Å²) < 4.78 is 0. The van der Waals surface area contributed by atoms with E-state index in [1.165, 1.54) is 0 Å². The molecule has 2 N–H and O–H groups in total. The average molecular weight is 216 g/mol. The van der Waals surface area contributed by atoms with Gasteiger partial charge in [-0.3, -0.25) is 0 Å². The molecule has 0 fully saturated rings. The summed E-state index contributed by atoms with van der Waals surface area (Å²) in [5.41, 5.74) is 5.48. The van der Waals surface area contributed by atoms with Crippen molar-refractivity contribution in [1.29, 1.82) is 0 Å². The van der Waals surface area contributed by atoms with Gasteiger partial charge in [0.05, 0.1) is 0 Å². The molecule has 0 unspecified atom stereocenters. The number of aromatic nitrogens is 3. The minimum atomic E-state index is 0.131. The summed E-state index contributed by atoms with van der Waals surface area (Å²) in [6.07, 6.45) is 0. The van der Waals surface area contributed by atoms with E-state index in [0.717, 1.165) is 6.54 Å². The zero-order valence-electron chi connectivity index (χ0n) is 8.53. The minimum Gasteiger partial charge on any atom is -0.368 e. The van der Waals surface area contributed by atoms with Crippen LogP contribution in [0.1, 0.15) is 20.8 Å². The highest BCUT2D eigenvalue weighted by Gasteiger charge is 2.12. The first kappa shape index (κ1) is 11.0. The Morgan fingerprint density at radius 1 is 1.36 bits per heavy atom. The zero-order valence-corrected chi connectivity index (χ0v) is 9.28. The van der Waals surface area contributed by atoms with Crippen molar-refractivity contribution in [2.75, 3.05) is 17.2 Å². The van der Waals surface area contributed by atoms with Gasteiger partial charge in [0.1, 0.15) is 0 Å². The quantitative estimate of drug-likeness (QED) is 0.824.